The van der Waals surface area contributed by atoms with E-state index in [2.05, 4.69) is 30.1 Å². The average Bonchev–Trinajstić information content (AvgIpc) is 2.51. The molecule has 3 rings (SSSR count). The van der Waals surface area contributed by atoms with Gasteiger partial charge in [0.1, 0.15) is 0 Å². The van der Waals surface area contributed by atoms with Crippen LogP contribution in [0.3, 0.4) is 0 Å². The molecule has 1 saturated heterocycles. The maximum atomic E-state index is 5.28. The van der Waals surface area contributed by atoms with Crippen molar-refractivity contribution >= 4 is 23.5 Å². The van der Waals surface area contributed by atoms with Crippen molar-refractivity contribution in [3.8, 4) is 0 Å². The van der Waals surface area contributed by atoms with Crippen LogP contribution >= 0.6 is 12.6 Å². The quantitative estimate of drug-likeness (QED) is 0.708. The predicted octanol–water partition coefficient (Wildman–Crippen LogP) is 2.63. The first-order chi connectivity index (χ1) is 7.21. The normalized spacial score (nSPS) is 19.1. The van der Waals surface area contributed by atoms with E-state index in [0.29, 0.717) is 13.2 Å². The molecule has 2 aromatic rings. The van der Waals surface area contributed by atoms with Gasteiger partial charge < -0.3 is 9.72 Å². The highest BCUT2D eigenvalue weighted by Gasteiger charge is 2.39. The van der Waals surface area contributed by atoms with Crippen LogP contribution in [0.1, 0.15) is 11.3 Å². The highest BCUT2D eigenvalue weighted by Crippen LogP contribution is 2.41. The fourth-order valence-corrected chi connectivity index (χ4v) is 2.79. The number of aromatic amines is 1. The minimum atomic E-state index is -0.0936. The van der Waals surface area contributed by atoms with E-state index in [0.717, 1.165) is 0 Å². The van der Waals surface area contributed by atoms with Gasteiger partial charge in [-0.15, -0.1) is 0 Å². The fourth-order valence-electron chi connectivity index (χ4n) is 2.32. The van der Waals surface area contributed by atoms with Gasteiger partial charge in [0.15, 0.2) is 0 Å². The summed E-state index contributed by atoms with van der Waals surface area (Å²) in [5.41, 5.74) is 3.69. The number of fused-ring (bicyclic) bond motifs is 1. The van der Waals surface area contributed by atoms with Crippen LogP contribution in [0.2, 0.25) is 0 Å². The van der Waals surface area contributed by atoms with Crippen LogP contribution in [-0.4, -0.2) is 18.2 Å². The lowest BCUT2D eigenvalue weighted by Crippen LogP contribution is -2.42. The van der Waals surface area contributed by atoms with Gasteiger partial charge in [-0.1, -0.05) is 18.2 Å². The van der Waals surface area contributed by atoms with Crippen LogP contribution in [0.15, 0.2) is 24.3 Å². The minimum Gasteiger partial charge on any atom is -0.378 e. The zero-order valence-corrected chi connectivity index (χ0v) is 9.47. The first kappa shape index (κ1) is 9.31. The van der Waals surface area contributed by atoms with Crippen molar-refractivity contribution in [2.75, 3.05) is 13.2 Å². The number of rotatable bonds is 1. The second-order valence-electron chi connectivity index (χ2n) is 4.19. The third kappa shape index (κ3) is 1.23. The molecule has 0 spiro atoms. The molecule has 78 valence electrons. The Morgan fingerprint density at radius 3 is 2.73 bits per heavy atom. The predicted molar refractivity (Wildman–Crippen MR) is 64.5 cm³/mol. The van der Waals surface area contributed by atoms with E-state index in [1.807, 2.05) is 6.07 Å². The van der Waals surface area contributed by atoms with Gasteiger partial charge in [-0.2, -0.15) is 12.6 Å². The van der Waals surface area contributed by atoms with E-state index in [4.69, 9.17) is 17.4 Å². The Hall–Kier alpha value is -0.930. The third-order valence-corrected chi connectivity index (χ3v) is 3.52. The summed E-state index contributed by atoms with van der Waals surface area (Å²) in [6.07, 6.45) is 0. The molecule has 3 heteroatoms. The van der Waals surface area contributed by atoms with Crippen molar-refractivity contribution < 1.29 is 4.74 Å². The lowest BCUT2D eigenvalue weighted by atomic mass is 9.93. The molecule has 1 aromatic heterocycles. The second-order valence-corrected chi connectivity index (χ2v) is 5.05. The van der Waals surface area contributed by atoms with Crippen LogP contribution in [0, 0.1) is 6.92 Å². The van der Waals surface area contributed by atoms with Gasteiger partial charge in [0.05, 0.1) is 18.0 Å². The van der Waals surface area contributed by atoms with Gasteiger partial charge >= 0.3 is 0 Å². The molecule has 0 aliphatic carbocycles. The largest absolute Gasteiger partial charge is 0.378 e. The van der Waals surface area contributed by atoms with Crippen molar-refractivity contribution in [1.29, 1.82) is 0 Å². The monoisotopic (exact) mass is 219 g/mol. The number of hydrogen-bond acceptors (Lipinski definition) is 2. The fraction of sp³-hybridized carbons (Fsp3) is 0.333. The summed E-state index contributed by atoms with van der Waals surface area (Å²) in [6.45, 7) is 3.52. The smallest absolute Gasteiger partial charge is 0.0867 e. The summed E-state index contributed by atoms with van der Waals surface area (Å²) in [5, 5.41) is 1.27. The van der Waals surface area contributed by atoms with E-state index in [-0.39, 0.29) is 4.75 Å². The number of benzene rings is 1. The highest BCUT2D eigenvalue weighted by molar-refractivity contribution is 7.81. The Kier molecular flexibility index (Phi) is 1.88. The molecule has 0 amide bonds. The maximum absolute atomic E-state index is 5.28. The van der Waals surface area contributed by atoms with E-state index in [9.17, 15) is 0 Å². The molecule has 1 aromatic carbocycles. The number of aryl methyl sites for hydroxylation is 1. The summed E-state index contributed by atoms with van der Waals surface area (Å²) in [6, 6.07) is 8.35. The van der Waals surface area contributed by atoms with E-state index in [1.54, 1.807) is 0 Å². The summed E-state index contributed by atoms with van der Waals surface area (Å²) in [7, 11) is 0. The van der Waals surface area contributed by atoms with E-state index in [1.165, 1.54) is 22.2 Å². The molecular formula is C12H13NOS. The number of H-pyrrole nitrogens is 1. The molecule has 0 bridgehead atoms. The molecule has 1 N–H and O–H groups in total. The topological polar surface area (TPSA) is 25.0 Å². The van der Waals surface area contributed by atoms with Gasteiger partial charge in [0, 0.05) is 22.2 Å². The molecule has 2 heterocycles. The Morgan fingerprint density at radius 2 is 2.07 bits per heavy atom. The molecule has 15 heavy (non-hydrogen) atoms. The van der Waals surface area contributed by atoms with E-state index >= 15 is 0 Å². The highest BCUT2D eigenvalue weighted by atomic mass is 32.1. The van der Waals surface area contributed by atoms with E-state index < -0.39 is 0 Å². The molecule has 1 aliphatic rings. The first-order valence-corrected chi connectivity index (χ1v) is 5.53. The number of para-hydroxylation sites is 1. The number of hydrogen-bond donors (Lipinski definition) is 2. The molecule has 1 aliphatic heterocycles. The van der Waals surface area contributed by atoms with Crippen LogP contribution < -0.4 is 0 Å². The zero-order valence-electron chi connectivity index (χ0n) is 8.58. The summed E-state index contributed by atoms with van der Waals surface area (Å²) in [5.74, 6) is 0. The van der Waals surface area contributed by atoms with Gasteiger partial charge in [-0.25, -0.2) is 0 Å². The summed E-state index contributed by atoms with van der Waals surface area (Å²) < 4.78 is 5.18. The number of ether oxygens (including phenoxy) is 1. The van der Waals surface area contributed by atoms with Gasteiger partial charge in [-0.05, 0) is 13.0 Å². The number of nitrogens with one attached hydrogen (secondary N) is 1. The zero-order chi connectivity index (χ0) is 10.5. The van der Waals surface area contributed by atoms with Gasteiger partial charge in [-0.3, -0.25) is 0 Å². The van der Waals surface area contributed by atoms with Gasteiger partial charge in [0.2, 0.25) is 0 Å². The Bertz CT molecular complexity index is 513. The van der Waals surface area contributed by atoms with Gasteiger partial charge in [0.25, 0.3) is 0 Å². The maximum Gasteiger partial charge on any atom is 0.0867 e. The lowest BCUT2D eigenvalue weighted by Gasteiger charge is -2.37. The van der Waals surface area contributed by atoms with Crippen LogP contribution in [0.4, 0.5) is 0 Å². The second kappa shape index (κ2) is 3.03. The Labute approximate surface area is 94.0 Å². The minimum absolute atomic E-state index is 0.0936. The third-order valence-electron chi connectivity index (χ3n) is 3.04. The molecule has 1 fully saturated rings. The van der Waals surface area contributed by atoms with Crippen molar-refractivity contribution in [2.24, 2.45) is 0 Å². The summed E-state index contributed by atoms with van der Waals surface area (Å²) >= 11 is 4.73. The van der Waals surface area contributed by atoms with Crippen molar-refractivity contribution in [3.63, 3.8) is 0 Å². The molecule has 0 radical (unpaired) electrons. The standard InChI is InChI=1S/C12H13NOS/c1-8-11(12(15)6-14-7-12)9-4-2-3-5-10(9)13-8/h2-5,13,15H,6-7H2,1H3. The average molecular weight is 219 g/mol. The van der Waals surface area contributed by atoms with Crippen molar-refractivity contribution in [3.05, 3.63) is 35.5 Å². The van der Waals surface area contributed by atoms with Crippen molar-refractivity contribution in [1.82, 2.24) is 4.98 Å². The molecular weight excluding hydrogens is 206 g/mol. The molecule has 2 nitrogen and oxygen atoms in total. The summed E-state index contributed by atoms with van der Waals surface area (Å²) in [4.78, 5) is 3.40. The molecule has 0 atom stereocenters. The lowest BCUT2D eigenvalue weighted by molar-refractivity contribution is -0.00932. The number of thiol groups is 1. The Morgan fingerprint density at radius 1 is 1.33 bits per heavy atom. The van der Waals surface area contributed by atoms with Crippen LogP contribution in [-0.2, 0) is 9.48 Å². The SMILES string of the molecule is Cc1[nH]c2ccccc2c1C1(S)COC1. The van der Waals surface area contributed by atoms with Crippen LogP contribution in [0.25, 0.3) is 10.9 Å². The Balaban J connectivity index is 2.29. The first-order valence-electron chi connectivity index (χ1n) is 5.09. The van der Waals surface area contributed by atoms with Crippen molar-refractivity contribution in [2.45, 2.75) is 11.7 Å². The molecule has 0 saturated carbocycles. The molecule has 0 unspecified atom stereocenters. The van der Waals surface area contributed by atoms with Crippen LogP contribution in [0.5, 0.6) is 0 Å². The number of aromatic nitrogens is 1.